The summed E-state index contributed by atoms with van der Waals surface area (Å²) in [5.41, 5.74) is 12.7. The number of aromatic nitrogens is 5. The Morgan fingerprint density at radius 3 is 2.49 bits per heavy atom. The zero-order valence-corrected chi connectivity index (χ0v) is 20.6. The highest BCUT2D eigenvalue weighted by atomic mass is 15.3. The number of nitrogens with two attached hydrogens (primary N) is 1. The first-order valence-electron chi connectivity index (χ1n) is 12.5. The van der Waals surface area contributed by atoms with Gasteiger partial charge in [-0.15, -0.1) is 0 Å². The van der Waals surface area contributed by atoms with Crippen LogP contribution in [0.4, 0.5) is 5.69 Å². The summed E-state index contributed by atoms with van der Waals surface area (Å²) in [5, 5.41) is 4.76. The largest absolute Gasteiger partial charge is 0.371 e. The molecule has 180 valence electrons. The molecule has 0 atom stereocenters. The minimum Gasteiger partial charge on any atom is -0.371 e. The molecule has 0 bridgehead atoms. The first-order chi connectivity index (χ1) is 17.1. The Morgan fingerprint density at radius 2 is 1.80 bits per heavy atom. The number of hydrogen-bond acceptors (Lipinski definition) is 6. The van der Waals surface area contributed by atoms with Crippen molar-refractivity contribution in [2.75, 3.05) is 18.0 Å². The first-order valence-corrected chi connectivity index (χ1v) is 12.5. The number of hydrogen-bond donors (Lipinski definition) is 1. The molecule has 1 aromatic carbocycles. The third-order valence-electron chi connectivity index (χ3n) is 7.13. The highest BCUT2D eigenvalue weighted by Crippen LogP contribution is 2.30. The molecule has 7 nitrogen and oxygen atoms in total. The van der Waals surface area contributed by atoms with E-state index in [2.05, 4.69) is 59.2 Å². The third kappa shape index (κ3) is 5.10. The lowest BCUT2D eigenvalue weighted by atomic mass is 9.86. The second-order valence-electron chi connectivity index (χ2n) is 9.39. The standard InChI is InChI=1S/C28H33N7/c1-3-28(29)12-16-34(17-13-28)23-9-7-21(8-10-23)18-26-31-15-11-25(32-26)24-20-35(4-2)33-27(24)22-6-5-14-30-19-22/h5-11,14-15,19-20H,3-4,12-13,16-18,29H2,1-2H3. The number of anilines is 1. The lowest BCUT2D eigenvalue weighted by Gasteiger charge is -2.39. The Labute approximate surface area is 207 Å². The molecule has 0 spiro atoms. The van der Waals surface area contributed by atoms with Crippen molar-refractivity contribution in [2.24, 2.45) is 5.73 Å². The van der Waals surface area contributed by atoms with E-state index in [-0.39, 0.29) is 5.54 Å². The third-order valence-corrected chi connectivity index (χ3v) is 7.13. The smallest absolute Gasteiger partial charge is 0.133 e. The number of pyridine rings is 1. The predicted molar refractivity (Wildman–Crippen MR) is 140 cm³/mol. The second-order valence-corrected chi connectivity index (χ2v) is 9.39. The summed E-state index contributed by atoms with van der Waals surface area (Å²) in [4.78, 5) is 16.2. The van der Waals surface area contributed by atoms with Crippen molar-refractivity contribution in [2.45, 2.75) is 51.6 Å². The zero-order chi connectivity index (χ0) is 24.3. The van der Waals surface area contributed by atoms with Crippen LogP contribution in [0, 0.1) is 0 Å². The van der Waals surface area contributed by atoms with Crippen LogP contribution in [0.15, 0.2) is 67.3 Å². The summed E-state index contributed by atoms with van der Waals surface area (Å²) >= 11 is 0. The van der Waals surface area contributed by atoms with Crippen molar-refractivity contribution in [3.63, 3.8) is 0 Å². The van der Waals surface area contributed by atoms with E-state index in [1.807, 2.05) is 35.3 Å². The van der Waals surface area contributed by atoms with Crippen molar-refractivity contribution in [1.82, 2.24) is 24.7 Å². The lowest BCUT2D eigenvalue weighted by Crippen LogP contribution is -2.50. The van der Waals surface area contributed by atoms with E-state index in [0.717, 1.165) is 67.2 Å². The fraction of sp³-hybridized carbons (Fsp3) is 0.357. The van der Waals surface area contributed by atoms with Crippen LogP contribution in [-0.4, -0.2) is 43.4 Å². The summed E-state index contributed by atoms with van der Waals surface area (Å²) in [7, 11) is 0. The molecule has 1 saturated heterocycles. The van der Waals surface area contributed by atoms with Crippen LogP contribution in [0.25, 0.3) is 22.5 Å². The van der Waals surface area contributed by atoms with Crippen LogP contribution < -0.4 is 10.6 Å². The molecular formula is C28H33N7. The number of benzene rings is 1. The molecule has 1 aliphatic heterocycles. The van der Waals surface area contributed by atoms with Gasteiger partial charge in [0.1, 0.15) is 11.5 Å². The Bertz CT molecular complexity index is 1260. The van der Waals surface area contributed by atoms with Gasteiger partial charge in [-0.3, -0.25) is 9.67 Å². The average molecular weight is 468 g/mol. The van der Waals surface area contributed by atoms with Gasteiger partial charge in [0, 0.05) is 73.2 Å². The zero-order valence-electron chi connectivity index (χ0n) is 20.6. The summed E-state index contributed by atoms with van der Waals surface area (Å²) in [6, 6.07) is 14.7. The second kappa shape index (κ2) is 9.96. The average Bonchev–Trinajstić information content (AvgIpc) is 3.35. The van der Waals surface area contributed by atoms with Crippen LogP contribution >= 0.6 is 0 Å². The molecule has 4 aromatic rings. The van der Waals surface area contributed by atoms with Gasteiger partial charge in [-0.2, -0.15) is 5.10 Å². The number of piperidine rings is 1. The van der Waals surface area contributed by atoms with Crippen LogP contribution in [0.5, 0.6) is 0 Å². The highest BCUT2D eigenvalue weighted by Gasteiger charge is 2.28. The molecule has 2 N–H and O–H groups in total. The summed E-state index contributed by atoms with van der Waals surface area (Å²) in [6.07, 6.45) is 11.3. The highest BCUT2D eigenvalue weighted by molar-refractivity contribution is 5.78. The van der Waals surface area contributed by atoms with E-state index in [4.69, 9.17) is 15.8 Å². The summed E-state index contributed by atoms with van der Waals surface area (Å²) < 4.78 is 1.94. The minimum absolute atomic E-state index is 0.00328. The van der Waals surface area contributed by atoms with Crippen molar-refractivity contribution >= 4 is 5.69 Å². The van der Waals surface area contributed by atoms with E-state index < -0.39 is 0 Å². The van der Waals surface area contributed by atoms with E-state index in [0.29, 0.717) is 6.42 Å². The van der Waals surface area contributed by atoms with Crippen molar-refractivity contribution in [3.8, 4) is 22.5 Å². The number of aryl methyl sites for hydroxylation is 1. The molecule has 0 aliphatic carbocycles. The molecular weight excluding hydrogens is 434 g/mol. The summed E-state index contributed by atoms with van der Waals surface area (Å²) in [6.45, 7) is 7.09. The molecule has 5 rings (SSSR count). The molecule has 7 heteroatoms. The van der Waals surface area contributed by atoms with Gasteiger partial charge in [0.2, 0.25) is 0 Å². The maximum absolute atomic E-state index is 6.47. The van der Waals surface area contributed by atoms with Gasteiger partial charge in [-0.25, -0.2) is 9.97 Å². The fourth-order valence-corrected chi connectivity index (χ4v) is 4.69. The normalized spacial score (nSPS) is 15.3. The number of rotatable bonds is 7. The maximum atomic E-state index is 6.47. The maximum Gasteiger partial charge on any atom is 0.133 e. The summed E-state index contributed by atoms with van der Waals surface area (Å²) in [5.74, 6) is 0.797. The molecule has 0 unspecified atom stereocenters. The van der Waals surface area contributed by atoms with Crippen LogP contribution in [0.3, 0.4) is 0 Å². The van der Waals surface area contributed by atoms with Gasteiger partial charge in [0.25, 0.3) is 0 Å². The van der Waals surface area contributed by atoms with Gasteiger partial charge in [0.15, 0.2) is 0 Å². The molecule has 3 aromatic heterocycles. The predicted octanol–water partition coefficient (Wildman–Crippen LogP) is 4.72. The molecule has 1 aliphatic rings. The fourth-order valence-electron chi connectivity index (χ4n) is 4.69. The monoisotopic (exact) mass is 467 g/mol. The Morgan fingerprint density at radius 1 is 1.00 bits per heavy atom. The molecule has 35 heavy (non-hydrogen) atoms. The van der Waals surface area contributed by atoms with Crippen LogP contribution in [0.1, 0.15) is 44.5 Å². The van der Waals surface area contributed by atoms with Crippen molar-refractivity contribution in [3.05, 3.63) is 78.6 Å². The van der Waals surface area contributed by atoms with Gasteiger partial charge in [0.05, 0.1) is 5.69 Å². The van der Waals surface area contributed by atoms with Gasteiger partial charge < -0.3 is 10.6 Å². The van der Waals surface area contributed by atoms with Gasteiger partial charge in [-0.1, -0.05) is 19.1 Å². The van der Waals surface area contributed by atoms with E-state index in [1.54, 1.807) is 6.20 Å². The van der Waals surface area contributed by atoms with E-state index >= 15 is 0 Å². The molecule has 4 heterocycles. The van der Waals surface area contributed by atoms with Gasteiger partial charge >= 0.3 is 0 Å². The SMILES string of the molecule is CCn1cc(-c2ccnc(Cc3ccc(N4CCC(N)(CC)CC4)cc3)n2)c(-c2cccnc2)n1. The molecule has 0 radical (unpaired) electrons. The molecule has 1 fully saturated rings. The molecule has 0 amide bonds. The van der Waals surface area contributed by atoms with Gasteiger partial charge in [-0.05, 0) is 62.1 Å². The lowest BCUT2D eigenvalue weighted by molar-refractivity contribution is 0.323. The number of nitrogens with zero attached hydrogens (tertiary/aromatic N) is 6. The van der Waals surface area contributed by atoms with Crippen LogP contribution in [0.2, 0.25) is 0 Å². The Balaban J connectivity index is 1.33. The minimum atomic E-state index is 0.00328. The first kappa shape index (κ1) is 23.2. The van der Waals surface area contributed by atoms with Crippen molar-refractivity contribution in [1.29, 1.82) is 0 Å². The van der Waals surface area contributed by atoms with E-state index in [9.17, 15) is 0 Å². The van der Waals surface area contributed by atoms with Crippen LogP contribution in [-0.2, 0) is 13.0 Å². The quantitative estimate of drug-likeness (QED) is 0.423. The Hall–Kier alpha value is -3.58. The Kier molecular flexibility index (Phi) is 6.59. The van der Waals surface area contributed by atoms with Crippen molar-refractivity contribution < 1.29 is 0 Å². The van der Waals surface area contributed by atoms with E-state index in [1.165, 1.54) is 11.3 Å². The molecule has 0 saturated carbocycles. The topological polar surface area (TPSA) is 85.8 Å².